The van der Waals surface area contributed by atoms with Crippen molar-refractivity contribution in [2.45, 2.75) is 6.18 Å². The summed E-state index contributed by atoms with van der Waals surface area (Å²) >= 11 is 0. The van der Waals surface area contributed by atoms with Crippen molar-refractivity contribution in [1.82, 2.24) is 0 Å². The molecule has 20 heavy (non-hydrogen) atoms. The SMILES string of the molecule is FC(F)(F)c1cc(-c2ccccc2)cc2ccccc12. The van der Waals surface area contributed by atoms with Gasteiger partial charge in [-0.15, -0.1) is 0 Å². The van der Waals surface area contributed by atoms with Gasteiger partial charge >= 0.3 is 6.18 Å². The van der Waals surface area contributed by atoms with Crippen molar-refractivity contribution >= 4 is 10.8 Å². The smallest absolute Gasteiger partial charge is 0.166 e. The third-order valence-corrected chi connectivity index (χ3v) is 3.27. The molecule has 0 nitrogen and oxygen atoms in total. The zero-order valence-electron chi connectivity index (χ0n) is 10.5. The predicted octanol–water partition coefficient (Wildman–Crippen LogP) is 5.53. The Bertz CT molecular complexity index is 743. The lowest BCUT2D eigenvalue weighted by atomic mass is 9.96. The van der Waals surface area contributed by atoms with E-state index in [9.17, 15) is 13.2 Å². The molecule has 0 unspecified atom stereocenters. The maximum atomic E-state index is 13.2. The zero-order chi connectivity index (χ0) is 14.2. The van der Waals surface area contributed by atoms with Crippen LogP contribution in [0.4, 0.5) is 13.2 Å². The first-order valence-electron chi connectivity index (χ1n) is 6.21. The van der Waals surface area contributed by atoms with Crippen molar-refractivity contribution in [3.63, 3.8) is 0 Å². The summed E-state index contributed by atoms with van der Waals surface area (Å²) in [6.45, 7) is 0. The lowest BCUT2D eigenvalue weighted by molar-refractivity contribution is -0.136. The lowest BCUT2D eigenvalue weighted by Gasteiger charge is -2.13. The number of benzene rings is 3. The summed E-state index contributed by atoms with van der Waals surface area (Å²) < 4.78 is 39.6. The average Bonchev–Trinajstić information content (AvgIpc) is 2.46. The van der Waals surface area contributed by atoms with Crippen LogP contribution in [0.1, 0.15) is 5.56 Å². The standard InChI is InChI=1S/C17H11F3/c18-17(19,20)16-11-14(12-6-2-1-3-7-12)10-13-8-4-5-9-15(13)16/h1-11H. The molecular formula is C17H11F3. The minimum atomic E-state index is -4.36. The molecule has 0 saturated carbocycles. The van der Waals surface area contributed by atoms with Crippen molar-refractivity contribution in [2.75, 3.05) is 0 Å². The van der Waals surface area contributed by atoms with Crippen LogP contribution in [0.25, 0.3) is 21.9 Å². The second-order valence-electron chi connectivity index (χ2n) is 4.61. The van der Waals surface area contributed by atoms with E-state index in [2.05, 4.69) is 0 Å². The van der Waals surface area contributed by atoms with Crippen LogP contribution in [0.5, 0.6) is 0 Å². The summed E-state index contributed by atoms with van der Waals surface area (Å²) in [5.41, 5.74) is 0.773. The van der Waals surface area contributed by atoms with Gasteiger partial charge in [0, 0.05) is 0 Å². The van der Waals surface area contributed by atoms with E-state index in [0.717, 1.165) is 5.56 Å². The van der Waals surface area contributed by atoms with Gasteiger partial charge in [-0.05, 0) is 34.0 Å². The number of alkyl halides is 3. The zero-order valence-corrected chi connectivity index (χ0v) is 10.5. The molecular weight excluding hydrogens is 261 g/mol. The summed E-state index contributed by atoms with van der Waals surface area (Å²) in [5.74, 6) is 0. The van der Waals surface area contributed by atoms with E-state index in [1.54, 1.807) is 24.3 Å². The molecule has 0 aromatic heterocycles. The van der Waals surface area contributed by atoms with E-state index in [0.29, 0.717) is 10.9 Å². The minimum absolute atomic E-state index is 0.236. The topological polar surface area (TPSA) is 0 Å². The fourth-order valence-corrected chi connectivity index (χ4v) is 2.34. The summed E-state index contributed by atoms with van der Waals surface area (Å²) in [4.78, 5) is 0. The van der Waals surface area contributed by atoms with Crippen LogP contribution in [0.3, 0.4) is 0 Å². The Kier molecular flexibility index (Phi) is 2.97. The Hall–Kier alpha value is -2.29. The molecule has 100 valence electrons. The van der Waals surface area contributed by atoms with E-state index in [1.807, 2.05) is 30.3 Å². The highest BCUT2D eigenvalue weighted by Crippen LogP contribution is 2.37. The number of hydrogen-bond acceptors (Lipinski definition) is 0. The second kappa shape index (κ2) is 4.67. The Morgan fingerprint density at radius 3 is 2.00 bits per heavy atom. The molecule has 0 radical (unpaired) electrons. The summed E-state index contributed by atoms with van der Waals surface area (Å²) in [7, 11) is 0. The van der Waals surface area contributed by atoms with Gasteiger partial charge in [0.2, 0.25) is 0 Å². The molecule has 0 aliphatic heterocycles. The van der Waals surface area contributed by atoms with Gasteiger partial charge in [0.25, 0.3) is 0 Å². The van der Waals surface area contributed by atoms with Crippen LogP contribution in [-0.4, -0.2) is 0 Å². The second-order valence-corrected chi connectivity index (χ2v) is 4.61. The van der Waals surface area contributed by atoms with Crippen LogP contribution >= 0.6 is 0 Å². The van der Waals surface area contributed by atoms with Crippen molar-refractivity contribution in [3.8, 4) is 11.1 Å². The number of hydrogen-bond donors (Lipinski definition) is 0. The molecule has 0 aliphatic rings. The summed E-state index contributed by atoms with van der Waals surface area (Å²) in [5, 5.41) is 0.834. The van der Waals surface area contributed by atoms with Crippen LogP contribution in [0.15, 0.2) is 66.7 Å². The van der Waals surface area contributed by atoms with Crippen molar-refractivity contribution < 1.29 is 13.2 Å². The first-order valence-corrected chi connectivity index (χ1v) is 6.21. The van der Waals surface area contributed by atoms with Crippen LogP contribution in [0.2, 0.25) is 0 Å². The molecule has 0 atom stereocenters. The fourth-order valence-electron chi connectivity index (χ4n) is 2.34. The van der Waals surface area contributed by atoms with Crippen LogP contribution in [-0.2, 0) is 6.18 Å². The third-order valence-electron chi connectivity index (χ3n) is 3.27. The third kappa shape index (κ3) is 2.27. The minimum Gasteiger partial charge on any atom is -0.166 e. The normalized spacial score (nSPS) is 11.8. The van der Waals surface area contributed by atoms with E-state index in [4.69, 9.17) is 0 Å². The average molecular weight is 272 g/mol. The molecule has 3 rings (SSSR count). The first-order chi connectivity index (χ1) is 9.55. The van der Waals surface area contributed by atoms with Gasteiger partial charge in [-0.1, -0.05) is 54.6 Å². The largest absolute Gasteiger partial charge is 0.417 e. The Morgan fingerprint density at radius 2 is 1.30 bits per heavy atom. The van der Waals surface area contributed by atoms with Gasteiger partial charge in [0.1, 0.15) is 0 Å². The Labute approximate surface area is 114 Å². The number of fused-ring (bicyclic) bond motifs is 1. The van der Waals surface area contributed by atoms with Gasteiger partial charge in [-0.2, -0.15) is 13.2 Å². The number of rotatable bonds is 1. The molecule has 0 spiro atoms. The molecule has 0 fully saturated rings. The molecule has 3 aromatic rings. The van der Waals surface area contributed by atoms with Crippen molar-refractivity contribution in [3.05, 3.63) is 72.3 Å². The van der Waals surface area contributed by atoms with Crippen LogP contribution in [0, 0.1) is 0 Å². The molecule has 0 heterocycles. The van der Waals surface area contributed by atoms with Gasteiger partial charge < -0.3 is 0 Å². The molecule has 0 saturated heterocycles. The maximum absolute atomic E-state index is 13.2. The van der Waals surface area contributed by atoms with Gasteiger partial charge in [-0.3, -0.25) is 0 Å². The van der Waals surface area contributed by atoms with Gasteiger partial charge in [0.05, 0.1) is 5.56 Å². The van der Waals surface area contributed by atoms with Crippen molar-refractivity contribution in [2.24, 2.45) is 0 Å². The van der Waals surface area contributed by atoms with E-state index in [1.165, 1.54) is 12.1 Å². The molecule has 3 heteroatoms. The molecule has 3 aromatic carbocycles. The highest BCUT2D eigenvalue weighted by atomic mass is 19.4. The lowest BCUT2D eigenvalue weighted by Crippen LogP contribution is -2.06. The van der Waals surface area contributed by atoms with Crippen molar-refractivity contribution in [1.29, 1.82) is 0 Å². The highest BCUT2D eigenvalue weighted by Gasteiger charge is 2.32. The van der Waals surface area contributed by atoms with E-state index < -0.39 is 11.7 Å². The predicted molar refractivity (Wildman–Crippen MR) is 74.4 cm³/mol. The quantitative estimate of drug-likeness (QED) is 0.546. The van der Waals surface area contributed by atoms with Gasteiger partial charge in [0.15, 0.2) is 0 Å². The van der Waals surface area contributed by atoms with Gasteiger partial charge in [-0.25, -0.2) is 0 Å². The van der Waals surface area contributed by atoms with E-state index in [-0.39, 0.29) is 5.39 Å². The summed E-state index contributed by atoms with van der Waals surface area (Å²) in [6, 6.07) is 18.7. The number of halogens is 3. The molecule has 0 N–H and O–H groups in total. The maximum Gasteiger partial charge on any atom is 0.417 e. The van der Waals surface area contributed by atoms with E-state index >= 15 is 0 Å². The molecule has 0 amide bonds. The Balaban J connectivity index is 2.31. The highest BCUT2D eigenvalue weighted by molar-refractivity contribution is 5.90. The molecule has 0 aliphatic carbocycles. The Morgan fingerprint density at radius 1 is 0.650 bits per heavy atom. The first kappa shape index (κ1) is 12.7. The molecule has 0 bridgehead atoms. The van der Waals surface area contributed by atoms with Crippen LogP contribution < -0.4 is 0 Å². The monoisotopic (exact) mass is 272 g/mol. The fraction of sp³-hybridized carbons (Fsp3) is 0.0588. The summed E-state index contributed by atoms with van der Waals surface area (Å²) in [6.07, 6.45) is -4.36.